The number of likely N-dealkylation sites (N-methyl/N-ethyl adjacent to an activating group) is 1. The van der Waals surface area contributed by atoms with E-state index in [0.29, 0.717) is 56.7 Å². The second-order valence-electron chi connectivity index (χ2n) is 7.54. The fourth-order valence-electron chi connectivity index (χ4n) is 3.66. The molecule has 0 N–H and O–H groups in total. The maximum absolute atomic E-state index is 12.9. The molecule has 29 heavy (non-hydrogen) atoms. The van der Waals surface area contributed by atoms with Crippen molar-refractivity contribution in [2.75, 3.05) is 59.4 Å². The van der Waals surface area contributed by atoms with Crippen LogP contribution in [0, 0.1) is 0 Å². The van der Waals surface area contributed by atoms with Gasteiger partial charge in [-0.2, -0.15) is 17.0 Å². The number of aromatic nitrogens is 1. The van der Waals surface area contributed by atoms with Crippen LogP contribution in [0.25, 0.3) is 11.5 Å². The van der Waals surface area contributed by atoms with E-state index >= 15 is 0 Å². The zero-order valence-corrected chi connectivity index (χ0v) is 18.1. The summed E-state index contributed by atoms with van der Waals surface area (Å²) in [6, 6.07) is 7.40. The molecule has 10 heteroatoms. The number of nitrogens with zero attached hydrogens (tertiary/aromatic N) is 5. The fourth-order valence-corrected chi connectivity index (χ4v) is 5.43. The summed E-state index contributed by atoms with van der Waals surface area (Å²) in [4.78, 5) is 8.91. The van der Waals surface area contributed by atoms with Crippen LogP contribution >= 0.6 is 11.6 Å². The van der Waals surface area contributed by atoms with Crippen molar-refractivity contribution in [2.24, 2.45) is 0 Å². The van der Waals surface area contributed by atoms with Gasteiger partial charge in [-0.3, -0.25) is 4.90 Å². The van der Waals surface area contributed by atoms with E-state index in [4.69, 9.17) is 16.0 Å². The molecule has 0 amide bonds. The zero-order chi connectivity index (χ0) is 20.4. The maximum Gasteiger partial charge on any atom is 0.282 e. The highest BCUT2D eigenvalue weighted by molar-refractivity contribution is 7.86. The van der Waals surface area contributed by atoms with Crippen molar-refractivity contribution in [1.29, 1.82) is 0 Å². The lowest BCUT2D eigenvalue weighted by Gasteiger charge is -2.38. The summed E-state index contributed by atoms with van der Waals surface area (Å²) in [5, 5.41) is 0.639. The van der Waals surface area contributed by atoms with Crippen molar-refractivity contribution < 1.29 is 12.8 Å². The third kappa shape index (κ3) is 4.82. The molecule has 0 atom stereocenters. The molecule has 2 aliphatic rings. The van der Waals surface area contributed by atoms with Gasteiger partial charge in [0.25, 0.3) is 10.2 Å². The molecule has 3 heterocycles. The number of rotatable bonds is 5. The minimum absolute atomic E-state index is 0.494. The second-order valence-corrected chi connectivity index (χ2v) is 9.90. The average Bonchev–Trinajstić information content (AvgIpc) is 3.17. The van der Waals surface area contributed by atoms with Gasteiger partial charge in [0.05, 0.1) is 5.69 Å². The molecule has 0 saturated carbocycles. The van der Waals surface area contributed by atoms with Crippen LogP contribution in [0.2, 0.25) is 5.02 Å². The van der Waals surface area contributed by atoms with E-state index in [0.717, 1.165) is 24.3 Å². The van der Waals surface area contributed by atoms with Gasteiger partial charge < -0.3 is 9.32 Å². The Morgan fingerprint density at radius 3 is 2.34 bits per heavy atom. The molecule has 0 radical (unpaired) electrons. The molecule has 0 aliphatic carbocycles. The number of hydrogen-bond donors (Lipinski definition) is 0. The molecular weight excluding hydrogens is 414 g/mol. The number of oxazole rings is 1. The van der Waals surface area contributed by atoms with Gasteiger partial charge in [0, 0.05) is 69.5 Å². The Morgan fingerprint density at radius 2 is 1.69 bits per heavy atom. The van der Waals surface area contributed by atoms with Crippen molar-refractivity contribution in [3.8, 4) is 11.5 Å². The maximum atomic E-state index is 12.9. The molecule has 2 saturated heterocycles. The Morgan fingerprint density at radius 1 is 1.03 bits per heavy atom. The monoisotopic (exact) mass is 439 g/mol. The summed E-state index contributed by atoms with van der Waals surface area (Å²) >= 11 is 6.03. The molecule has 0 unspecified atom stereocenters. The minimum Gasteiger partial charge on any atom is -0.444 e. The normalized spacial score (nSPS) is 20.9. The van der Waals surface area contributed by atoms with Gasteiger partial charge in [-0.1, -0.05) is 17.7 Å². The lowest BCUT2D eigenvalue weighted by molar-refractivity contribution is 0.163. The first-order chi connectivity index (χ1) is 13.9. The van der Waals surface area contributed by atoms with Gasteiger partial charge in [0.2, 0.25) is 5.89 Å². The van der Waals surface area contributed by atoms with Crippen LogP contribution in [0.4, 0.5) is 0 Å². The molecule has 4 rings (SSSR count). The molecule has 2 aromatic rings. The average molecular weight is 440 g/mol. The minimum atomic E-state index is -3.37. The first kappa shape index (κ1) is 20.8. The van der Waals surface area contributed by atoms with Gasteiger partial charge in [0.1, 0.15) is 6.26 Å². The Labute approximate surface area is 176 Å². The lowest BCUT2D eigenvalue weighted by Crippen LogP contribution is -2.56. The first-order valence-corrected chi connectivity index (χ1v) is 11.6. The summed E-state index contributed by atoms with van der Waals surface area (Å²) in [6.07, 6.45) is 1.66. The topological polar surface area (TPSA) is 73.1 Å². The summed E-state index contributed by atoms with van der Waals surface area (Å²) in [6.45, 7) is 5.64. The molecule has 158 valence electrons. The predicted molar refractivity (Wildman–Crippen MR) is 112 cm³/mol. The van der Waals surface area contributed by atoms with Crippen molar-refractivity contribution in [2.45, 2.75) is 6.54 Å². The summed E-state index contributed by atoms with van der Waals surface area (Å²) < 4.78 is 34.6. The quantitative estimate of drug-likeness (QED) is 0.704. The Bertz CT molecular complexity index is 935. The molecule has 2 fully saturated rings. The highest BCUT2D eigenvalue weighted by atomic mass is 35.5. The summed E-state index contributed by atoms with van der Waals surface area (Å²) in [5.74, 6) is 0.541. The van der Waals surface area contributed by atoms with E-state index < -0.39 is 10.2 Å². The number of piperazine rings is 2. The largest absolute Gasteiger partial charge is 0.444 e. The van der Waals surface area contributed by atoms with Crippen molar-refractivity contribution in [3.63, 3.8) is 0 Å². The number of hydrogen-bond acceptors (Lipinski definition) is 6. The second kappa shape index (κ2) is 8.71. The van der Waals surface area contributed by atoms with Crippen LogP contribution in [0.15, 0.2) is 34.9 Å². The first-order valence-electron chi connectivity index (χ1n) is 9.78. The molecule has 1 aromatic heterocycles. The predicted octanol–water partition coefficient (Wildman–Crippen LogP) is 1.60. The SMILES string of the molecule is CN1CCN(S(=O)(=O)N2CCN(Cc3coc(-c4cccc(Cl)c4)n3)CC2)CC1. The smallest absolute Gasteiger partial charge is 0.282 e. The third-order valence-electron chi connectivity index (χ3n) is 5.45. The van der Waals surface area contributed by atoms with Gasteiger partial charge in [-0.05, 0) is 25.2 Å². The van der Waals surface area contributed by atoms with Crippen LogP contribution in [-0.2, 0) is 16.8 Å². The van der Waals surface area contributed by atoms with E-state index in [1.807, 2.05) is 31.3 Å². The van der Waals surface area contributed by atoms with Crippen LogP contribution in [0.5, 0.6) is 0 Å². The molecule has 0 bridgehead atoms. The van der Waals surface area contributed by atoms with Gasteiger partial charge in [-0.25, -0.2) is 4.98 Å². The Hall–Kier alpha value is -1.49. The Kier molecular flexibility index (Phi) is 6.24. The van der Waals surface area contributed by atoms with Crippen molar-refractivity contribution in [3.05, 3.63) is 41.2 Å². The van der Waals surface area contributed by atoms with Crippen molar-refractivity contribution >= 4 is 21.8 Å². The summed E-state index contributed by atoms with van der Waals surface area (Å²) in [7, 11) is -1.36. The number of benzene rings is 1. The van der Waals surface area contributed by atoms with Crippen LogP contribution in [0.3, 0.4) is 0 Å². The van der Waals surface area contributed by atoms with Crippen molar-refractivity contribution in [1.82, 2.24) is 23.4 Å². The lowest BCUT2D eigenvalue weighted by atomic mass is 10.2. The van der Waals surface area contributed by atoms with Crippen LogP contribution in [-0.4, -0.2) is 91.2 Å². The fraction of sp³-hybridized carbons (Fsp3) is 0.526. The van der Waals surface area contributed by atoms with E-state index in [9.17, 15) is 8.42 Å². The standard InChI is InChI=1S/C19H26ClN5O3S/c1-22-5-9-24(10-6-22)29(26,27)25-11-7-23(8-12-25)14-18-15-28-19(21-18)16-3-2-4-17(20)13-16/h2-4,13,15H,5-12,14H2,1H3. The zero-order valence-electron chi connectivity index (χ0n) is 16.5. The Balaban J connectivity index is 1.32. The van der Waals surface area contributed by atoms with E-state index in [1.165, 1.54) is 0 Å². The van der Waals surface area contributed by atoms with E-state index in [-0.39, 0.29) is 0 Å². The third-order valence-corrected chi connectivity index (χ3v) is 7.73. The molecule has 8 nitrogen and oxygen atoms in total. The van der Waals surface area contributed by atoms with Crippen LogP contribution in [0.1, 0.15) is 5.69 Å². The number of halogens is 1. The molecule has 2 aliphatic heterocycles. The molecular formula is C19H26ClN5O3S. The van der Waals surface area contributed by atoms with Gasteiger partial charge >= 0.3 is 0 Å². The highest BCUT2D eigenvalue weighted by Gasteiger charge is 2.33. The van der Waals surface area contributed by atoms with E-state index in [2.05, 4.69) is 14.8 Å². The van der Waals surface area contributed by atoms with Gasteiger partial charge in [0.15, 0.2) is 0 Å². The highest BCUT2D eigenvalue weighted by Crippen LogP contribution is 2.23. The summed E-state index contributed by atoms with van der Waals surface area (Å²) in [5.41, 5.74) is 1.67. The molecule has 1 aromatic carbocycles. The van der Waals surface area contributed by atoms with E-state index in [1.54, 1.807) is 14.9 Å². The molecule has 0 spiro atoms. The van der Waals surface area contributed by atoms with Gasteiger partial charge in [-0.15, -0.1) is 0 Å². The van der Waals surface area contributed by atoms with Crippen LogP contribution < -0.4 is 0 Å².